The maximum absolute atomic E-state index is 12.4. The minimum atomic E-state index is 0.273. The number of aromatic nitrogens is 2. The molecule has 1 aliphatic heterocycles. The number of carbonyl (C=O) groups is 1. The number of nitrogens with zero attached hydrogens (tertiary/aromatic N) is 3. The van der Waals surface area contributed by atoms with Crippen molar-refractivity contribution in [2.75, 3.05) is 26.7 Å². The van der Waals surface area contributed by atoms with Gasteiger partial charge < -0.3 is 14.8 Å². The number of hydrogen-bond acceptors (Lipinski definition) is 3. The Balaban J connectivity index is 1.48. The zero-order valence-electron chi connectivity index (χ0n) is 13.9. The van der Waals surface area contributed by atoms with E-state index in [1.807, 2.05) is 36.5 Å². The molecule has 1 fully saturated rings. The largest absolute Gasteiger partial charge is 0.343 e. The zero-order valence-corrected chi connectivity index (χ0v) is 13.9. The summed E-state index contributed by atoms with van der Waals surface area (Å²) in [5, 5.41) is 3.21. The second-order valence-corrected chi connectivity index (χ2v) is 6.39. The lowest BCUT2D eigenvalue weighted by Crippen LogP contribution is -2.39. The van der Waals surface area contributed by atoms with Crippen molar-refractivity contribution in [3.63, 3.8) is 0 Å². The third kappa shape index (κ3) is 3.91. The number of benzene rings is 1. The van der Waals surface area contributed by atoms with Gasteiger partial charge in [-0.2, -0.15) is 0 Å². The molecule has 1 aliphatic rings. The number of carbonyl (C=O) groups excluding carboxylic acids is 1. The molecule has 1 amide bonds. The van der Waals surface area contributed by atoms with Gasteiger partial charge in [-0.15, -0.1) is 0 Å². The molecule has 1 aromatic carbocycles. The summed E-state index contributed by atoms with van der Waals surface area (Å²) in [4.78, 5) is 18.8. The molecule has 0 atom stereocenters. The summed E-state index contributed by atoms with van der Waals surface area (Å²) >= 11 is 0. The normalized spacial score (nSPS) is 16.1. The number of fused-ring (bicyclic) bond motifs is 1. The van der Waals surface area contributed by atoms with E-state index < -0.39 is 0 Å². The number of rotatable bonds is 6. The fourth-order valence-electron chi connectivity index (χ4n) is 3.38. The van der Waals surface area contributed by atoms with E-state index in [-0.39, 0.29) is 5.91 Å². The molecule has 1 aromatic heterocycles. The van der Waals surface area contributed by atoms with Crippen LogP contribution in [0, 0.1) is 5.92 Å². The smallest absolute Gasteiger partial charge is 0.224 e. The van der Waals surface area contributed by atoms with E-state index >= 15 is 0 Å². The Morgan fingerprint density at radius 1 is 1.30 bits per heavy atom. The van der Waals surface area contributed by atoms with Gasteiger partial charge in [-0.1, -0.05) is 12.1 Å². The summed E-state index contributed by atoms with van der Waals surface area (Å²) in [6, 6.07) is 8.06. The molecule has 2 heterocycles. The van der Waals surface area contributed by atoms with Crippen molar-refractivity contribution in [2.24, 2.45) is 5.92 Å². The first-order valence-electron chi connectivity index (χ1n) is 8.60. The molecular weight excluding hydrogens is 288 g/mol. The highest BCUT2D eigenvalue weighted by Gasteiger charge is 2.22. The molecule has 0 aliphatic carbocycles. The first kappa shape index (κ1) is 16.0. The van der Waals surface area contributed by atoms with Crippen LogP contribution in [0.2, 0.25) is 0 Å². The Kier molecular flexibility index (Phi) is 5.28. The number of amides is 1. The highest BCUT2D eigenvalue weighted by molar-refractivity contribution is 5.77. The third-order valence-corrected chi connectivity index (χ3v) is 4.86. The lowest BCUT2D eigenvalue weighted by atomic mass is 9.93. The maximum atomic E-state index is 12.4. The Morgan fingerprint density at radius 3 is 2.87 bits per heavy atom. The molecular formula is C18H26N4O. The van der Waals surface area contributed by atoms with E-state index in [1.165, 1.54) is 6.42 Å². The van der Waals surface area contributed by atoms with Gasteiger partial charge in [0.05, 0.1) is 17.4 Å². The standard InChI is InChI=1S/C18H26N4O/c1-19-10-6-15-7-11-21(12-8-15)18(23)9-13-22-14-20-16-4-2-3-5-17(16)22/h2-5,14-15,19H,6-13H2,1H3. The lowest BCUT2D eigenvalue weighted by Gasteiger charge is -2.32. The quantitative estimate of drug-likeness (QED) is 0.890. The Morgan fingerprint density at radius 2 is 2.09 bits per heavy atom. The molecule has 3 rings (SSSR count). The van der Waals surface area contributed by atoms with Crippen molar-refractivity contribution in [1.29, 1.82) is 0 Å². The van der Waals surface area contributed by atoms with E-state index in [2.05, 4.69) is 20.9 Å². The molecule has 0 spiro atoms. The SMILES string of the molecule is CNCCC1CCN(C(=O)CCn2cnc3ccccc32)CC1. The van der Waals surface area contributed by atoms with Gasteiger partial charge in [-0.05, 0) is 50.9 Å². The minimum Gasteiger partial charge on any atom is -0.343 e. The van der Waals surface area contributed by atoms with Crippen LogP contribution in [0.4, 0.5) is 0 Å². The van der Waals surface area contributed by atoms with Crippen molar-refractivity contribution in [2.45, 2.75) is 32.2 Å². The number of piperidine rings is 1. The lowest BCUT2D eigenvalue weighted by molar-refractivity contribution is -0.132. The molecule has 0 radical (unpaired) electrons. The van der Waals surface area contributed by atoms with E-state index in [4.69, 9.17) is 0 Å². The molecule has 1 saturated heterocycles. The van der Waals surface area contributed by atoms with Gasteiger partial charge >= 0.3 is 0 Å². The summed E-state index contributed by atoms with van der Waals surface area (Å²) in [7, 11) is 2.00. The van der Waals surface area contributed by atoms with Crippen LogP contribution in [0.3, 0.4) is 0 Å². The summed E-state index contributed by atoms with van der Waals surface area (Å²) in [6.07, 6.45) is 5.89. The number of para-hydroxylation sites is 2. The highest BCUT2D eigenvalue weighted by atomic mass is 16.2. The summed E-state index contributed by atoms with van der Waals surface area (Å²) in [5.74, 6) is 1.04. The van der Waals surface area contributed by atoms with Crippen LogP contribution in [0.25, 0.3) is 11.0 Å². The monoisotopic (exact) mass is 314 g/mol. The van der Waals surface area contributed by atoms with Crippen LogP contribution < -0.4 is 5.32 Å². The average molecular weight is 314 g/mol. The van der Waals surface area contributed by atoms with Crippen LogP contribution in [0.1, 0.15) is 25.7 Å². The van der Waals surface area contributed by atoms with Crippen molar-refractivity contribution in [1.82, 2.24) is 19.8 Å². The van der Waals surface area contributed by atoms with Crippen LogP contribution in [0.15, 0.2) is 30.6 Å². The van der Waals surface area contributed by atoms with Crippen LogP contribution in [0.5, 0.6) is 0 Å². The number of nitrogens with one attached hydrogen (secondary N) is 1. The average Bonchev–Trinajstić information content (AvgIpc) is 3.01. The highest BCUT2D eigenvalue weighted by Crippen LogP contribution is 2.21. The predicted octanol–water partition coefficient (Wildman–Crippen LogP) is 2.27. The Hall–Kier alpha value is -1.88. The molecule has 5 heteroatoms. The first-order valence-corrected chi connectivity index (χ1v) is 8.60. The third-order valence-electron chi connectivity index (χ3n) is 4.86. The number of likely N-dealkylation sites (tertiary alicyclic amines) is 1. The van der Waals surface area contributed by atoms with Gasteiger partial charge in [0, 0.05) is 26.1 Å². The molecule has 0 unspecified atom stereocenters. The van der Waals surface area contributed by atoms with Crippen LogP contribution >= 0.6 is 0 Å². The second-order valence-electron chi connectivity index (χ2n) is 6.39. The fraction of sp³-hybridized carbons (Fsp3) is 0.556. The maximum Gasteiger partial charge on any atom is 0.224 e. The number of hydrogen-bond donors (Lipinski definition) is 1. The summed E-state index contributed by atoms with van der Waals surface area (Å²) < 4.78 is 2.08. The van der Waals surface area contributed by atoms with E-state index in [1.54, 1.807) is 0 Å². The Labute approximate surface area is 137 Å². The van der Waals surface area contributed by atoms with Gasteiger partial charge in [0.15, 0.2) is 0 Å². The van der Waals surface area contributed by atoms with Crippen molar-refractivity contribution in [3.8, 4) is 0 Å². The van der Waals surface area contributed by atoms with Crippen molar-refractivity contribution >= 4 is 16.9 Å². The first-order chi connectivity index (χ1) is 11.3. The molecule has 124 valence electrons. The molecule has 1 N–H and O–H groups in total. The Bertz CT molecular complexity index is 643. The van der Waals surface area contributed by atoms with Gasteiger partial charge in [0.2, 0.25) is 5.91 Å². The summed E-state index contributed by atoms with van der Waals surface area (Å²) in [6.45, 7) is 3.61. The van der Waals surface area contributed by atoms with E-state index in [9.17, 15) is 4.79 Å². The molecule has 2 aromatic rings. The van der Waals surface area contributed by atoms with E-state index in [0.717, 1.165) is 49.4 Å². The van der Waals surface area contributed by atoms with Gasteiger partial charge in [0.25, 0.3) is 0 Å². The van der Waals surface area contributed by atoms with Gasteiger partial charge in [-0.3, -0.25) is 4.79 Å². The minimum absolute atomic E-state index is 0.273. The van der Waals surface area contributed by atoms with E-state index in [0.29, 0.717) is 13.0 Å². The zero-order chi connectivity index (χ0) is 16.1. The predicted molar refractivity (Wildman–Crippen MR) is 92.2 cm³/mol. The van der Waals surface area contributed by atoms with Crippen molar-refractivity contribution in [3.05, 3.63) is 30.6 Å². The molecule has 23 heavy (non-hydrogen) atoms. The fourth-order valence-corrected chi connectivity index (χ4v) is 3.38. The topological polar surface area (TPSA) is 50.2 Å². The van der Waals surface area contributed by atoms with Crippen molar-refractivity contribution < 1.29 is 4.79 Å². The van der Waals surface area contributed by atoms with Crippen LogP contribution in [-0.4, -0.2) is 47.0 Å². The van der Waals surface area contributed by atoms with Crippen LogP contribution in [-0.2, 0) is 11.3 Å². The number of imidazole rings is 1. The summed E-state index contributed by atoms with van der Waals surface area (Å²) in [5.41, 5.74) is 2.09. The molecule has 0 saturated carbocycles. The second kappa shape index (κ2) is 7.59. The number of aryl methyl sites for hydroxylation is 1. The molecule has 0 bridgehead atoms. The molecule has 5 nitrogen and oxygen atoms in total. The van der Waals surface area contributed by atoms with Gasteiger partial charge in [-0.25, -0.2) is 4.98 Å². The van der Waals surface area contributed by atoms with Gasteiger partial charge in [0.1, 0.15) is 0 Å².